The molecule has 1 amide bonds. The number of carboxylic acids is 1. The molecule has 0 aliphatic heterocycles. The van der Waals surface area contributed by atoms with Gasteiger partial charge in [-0.25, -0.2) is 0 Å². The van der Waals surface area contributed by atoms with Crippen molar-refractivity contribution in [3.8, 4) is 5.75 Å². The van der Waals surface area contributed by atoms with Crippen LogP contribution in [0.25, 0.3) is 0 Å². The summed E-state index contributed by atoms with van der Waals surface area (Å²) in [4.78, 5) is 24.0. The highest BCUT2D eigenvalue weighted by molar-refractivity contribution is 5.95. The van der Waals surface area contributed by atoms with Gasteiger partial charge in [-0.2, -0.15) is 0 Å². The van der Waals surface area contributed by atoms with E-state index >= 15 is 0 Å². The lowest BCUT2D eigenvalue weighted by molar-refractivity contribution is -0.141. The molecule has 5 nitrogen and oxygen atoms in total. The predicted molar refractivity (Wildman–Crippen MR) is 101 cm³/mol. The lowest BCUT2D eigenvalue weighted by Gasteiger charge is -2.15. The molecule has 26 heavy (non-hydrogen) atoms. The maximum absolute atomic E-state index is 12.4. The fraction of sp³-hybridized carbons (Fsp3) is 0.333. The maximum Gasteiger partial charge on any atom is 0.308 e. The molecule has 0 aliphatic carbocycles. The van der Waals surface area contributed by atoms with Crippen LogP contribution in [0, 0.1) is 5.92 Å². The zero-order valence-corrected chi connectivity index (χ0v) is 15.2. The van der Waals surface area contributed by atoms with Crippen molar-refractivity contribution in [1.82, 2.24) is 5.32 Å². The van der Waals surface area contributed by atoms with Crippen LogP contribution in [-0.2, 0) is 17.6 Å². The van der Waals surface area contributed by atoms with Gasteiger partial charge < -0.3 is 15.2 Å². The molecule has 2 aromatic rings. The monoisotopic (exact) mass is 355 g/mol. The van der Waals surface area contributed by atoms with Gasteiger partial charge in [0.1, 0.15) is 5.75 Å². The normalized spacial score (nSPS) is 11.6. The topological polar surface area (TPSA) is 75.6 Å². The lowest BCUT2D eigenvalue weighted by atomic mass is 9.98. The van der Waals surface area contributed by atoms with Gasteiger partial charge in [0.25, 0.3) is 5.91 Å². The molecule has 0 bridgehead atoms. The summed E-state index contributed by atoms with van der Waals surface area (Å²) < 4.78 is 5.39. The van der Waals surface area contributed by atoms with Crippen molar-refractivity contribution in [2.45, 2.75) is 26.7 Å². The summed E-state index contributed by atoms with van der Waals surface area (Å²) >= 11 is 0. The first-order valence-corrected chi connectivity index (χ1v) is 8.85. The Morgan fingerprint density at radius 3 is 2.38 bits per heavy atom. The molecule has 5 heteroatoms. The lowest BCUT2D eigenvalue weighted by Crippen LogP contribution is -2.34. The van der Waals surface area contributed by atoms with Crippen LogP contribution in [0.15, 0.2) is 48.5 Å². The number of carbonyl (C=O) groups excluding carboxylic acids is 1. The highest BCUT2D eigenvalue weighted by Crippen LogP contribution is 2.16. The Bertz CT molecular complexity index is 740. The van der Waals surface area contributed by atoms with E-state index in [0.717, 1.165) is 23.3 Å². The second-order valence-electron chi connectivity index (χ2n) is 6.04. The van der Waals surface area contributed by atoms with Gasteiger partial charge >= 0.3 is 5.97 Å². The van der Waals surface area contributed by atoms with Gasteiger partial charge in [-0.1, -0.05) is 37.3 Å². The molecule has 0 heterocycles. The van der Waals surface area contributed by atoms with Crippen LogP contribution in [0.5, 0.6) is 5.75 Å². The van der Waals surface area contributed by atoms with E-state index in [-0.39, 0.29) is 12.5 Å². The first-order chi connectivity index (χ1) is 12.5. The minimum absolute atomic E-state index is 0.0828. The molecular formula is C21H25NO4. The number of aliphatic carboxylic acids is 1. The molecule has 2 rings (SSSR count). The molecular weight excluding hydrogens is 330 g/mol. The van der Waals surface area contributed by atoms with Crippen molar-refractivity contribution in [1.29, 1.82) is 0 Å². The van der Waals surface area contributed by atoms with Gasteiger partial charge in [0.05, 0.1) is 12.5 Å². The molecule has 0 fully saturated rings. The average molecular weight is 355 g/mol. The fourth-order valence-corrected chi connectivity index (χ4v) is 2.78. The van der Waals surface area contributed by atoms with Crippen LogP contribution in [0.3, 0.4) is 0 Å². The molecule has 138 valence electrons. The summed E-state index contributed by atoms with van der Waals surface area (Å²) in [5.41, 5.74) is 2.44. The summed E-state index contributed by atoms with van der Waals surface area (Å²) in [7, 11) is 0. The standard InChI is InChI=1S/C21H25NO4/c1-3-16-7-5-6-8-19(16)20(23)22-14-17(21(24)25)13-15-9-11-18(12-10-15)26-4-2/h5-12,17H,3-4,13-14H2,1-2H3,(H,22,23)(H,24,25). The second-order valence-corrected chi connectivity index (χ2v) is 6.04. The molecule has 0 saturated carbocycles. The Morgan fingerprint density at radius 1 is 1.08 bits per heavy atom. The summed E-state index contributed by atoms with van der Waals surface area (Å²) in [5, 5.41) is 12.2. The number of benzene rings is 2. The van der Waals surface area contributed by atoms with Gasteiger partial charge in [-0.15, -0.1) is 0 Å². The summed E-state index contributed by atoms with van der Waals surface area (Å²) in [6, 6.07) is 14.7. The van der Waals surface area contributed by atoms with Crippen molar-refractivity contribution >= 4 is 11.9 Å². The number of rotatable bonds is 9. The third-order valence-electron chi connectivity index (χ3n) is 4.22. The molecule has 1 unspecified atom stereocenters. The summed E-state index contributed by atoms with van der Waals surface area (Å²) in [6.07, 6.45) is 1.09. The van der Waals surface area contributed by atoms with Gasteiger partial charge in [0.2, 0.25) is 0 Å². The zero-order chi connectivity index (χ0) is 18.9. The van der Waals surface area contributed by atoms with Gasteiger partial charge in [0.15, 0.2) is 0 Å². The Hall–Kier alpha value is -2.82. The van der Waals surface area contributed by atoms with Crippen LogP contribution in [0.1, 0.15) is 35.3 Å². The number of ether oxygens (including phenoxy) is 1. The quantitative estimate of drug-likeness (QED) is 0.723. The van der Waals surface area contributed by atoms with Crippen LogP contribution in [-0.4, -0.2) is 30.1 Å². The largest absolute Gasteiger partial charge is 0.494 e. The summed E-state index contributed by atoms with van der Waals surface area (Å²) in [5.74, 6) is -1.10. The number of carbonyl (C=O) groups is 2. The minimum Gasteiger partial charge on any atom is -0.494 e. The smallest absolute Gasteiger partial charge is 0.308 e. The van der Waals surface area contributed by atoms with E-state index in [1.54, 1.807) is 6.07 Å². The Balaban J connectivity index is 1.99. The first kappa shape index (κ1) is 19.5. The van der Waals surface area contributed by atoms with E-state index in [2.05, 4.69) is 5.32 Å². The molecule has 0 radical (unpaired) electrons. The van der Waals surface area contributed by atoms with Crippen molar-refractivity contribution in [3.05, 3.63) is 65.2 Å². The van der Waals surface area contributed by atoms with Crippen LogP contribution in [0.4, 0.5) is 0 Å². The van der Waals surface area contributed by atoms with E-state index in [1.165, 1.54) is 0 Å². The molecule has 0 saturated heterocycles. The highest BCUT2D eigenvalue weighted by Gasteiger charge is 2.20. The van der Waals surface area contributed by atoms with E-state index in [1.807, 2.05) is 56.3 Å². The highest BCUT2D eigenvalue weighted by atomic mass is 16.5. The van der Waals surface area contributed by atoms with E-state index < -0.39 is 11.9 Å². The summed E-state index contributed by atoms with van der Waals surface area (Å²) in [6.45, 7) is 4.56. The van der Waals surface area contributed by atoms with Gasteiger partial charge in [-0.05, 0) is 49.1 Å². The van der Waals surface area contributed by atoms with Crippen molar-refractivity contribution in [3.63, 3.8) is 0 Å². The second kappa shape index (κ2) is 9.61. The molecule has 2 N–H and O–H groups in total. The van der Waals surface area contributed by atoms with Crippen LogP contribution in [0.2, 0.25) is 0 Å². The Morgan fingerprint density at radius 2 is 1.77 bits per heavy atom. The molecule has 2 aromatic carbocycles. The Labute approximate surface area is 154 Å². The molecule has 1 atom stereocenters. The van der Waals surface area contributed by atoms with E-state index in [9.17, 15) is 14.7 Å². The van der Waals surface area contributed by atoms with E-state index in [0.29, 0.717) is 18.6 Å². The van der Waals surface area contributed by atoms with Crippen LogP contribution >= 0.6 is 0 Å². The number of hydrogen-bond donors (Lipinski definition) is 2. The maximum atomic E-state index is 12.4. The molecule has 0 spiro atoms. The number of carboxylic acid groups (broad SMARTS) is 1. The number of amides is 1. The van der Waals surface area contributed by atoms with Crippen LogP contribution < -0.4 is 10.1 Å². The SMILES string of the molecule is CCOc1ccc(CC(CNC(=O)c2ccccc2CC)C(=O)O)cc1. The Kier molecular flexibility index (Phi) is 7.21. The van der Waals surface area contributed by atoms with E-state index in [4.69, 9.17) is 4.74 Å². The van der Waals surface area contributed by atoms with Crippen molar-refractivity contribution in [2.24, 2.45) is 5.92 Å². The molecule has 0 aromatic heterocycles. The minimum atomic E-state index is -0.928. The fourth-order valence-electron chi connectivity index (χ4n) is 2.78. The van der Waals surface area contributed by atoms with Gasteiger partial charge in [0, 0.05) is 12.1 Å². The molecule has 0 aliphatic rings. The first-order valence-electron chi connectivity index (χ1n) is 8.85. The van der Waals surface area contributed by atoms with Crippen molar-refractivity contribution < 1.29 is 19.4 Å². The number of hydrogen-bond acceptors (Lipinski definition) is 3. The third-order valence-corrected chi connectivity index (χ3v) is 4.22. The predicted octanol–water partition coefficient (Wildman–Crippen LogP) is 3.32. The van der Waals surface area contributed by atoms with Gasteiger partial charge in [-0.3, -0.25) is 9.59 Å². The average Bonchev–Trinajstić information content (AvgIpc) is 2.66. The third kappa shape index (κ3) is 5.34. The zero-order valence-electron chi connectivity index (χ0n) is 15.2. The van der Waals surface area contributed by atoms with Crippen molar-refractivity contribution in [2.75, 3.05) is 13.2 Å². The number of aryl methyl sites for hydroxylation is 1. The number of nitrogens with one attached hydrogen (secondary N) is 1.